The number of fused-ring (bicyclic) bond motifs is 1. The van der Waals surface area contributed by atoms with Gasteiger partial charge >= 0.3 is 0 Å². The molecule has 0 N–H and O–H groups in total. The maximum Gasteiger partial charge on any atom is 0.292 e. The Morgan fingerprint density at radius 2 is 1.90 bits per heavy atom. The maximum absolute atomic E-state index is 11.2. The fourth-order valence-electron chi connectivity index (χ4n) is 2.75. The van der Waals surface area contributed by atoms with Gasteiger partial charge in [0.2, 0.25) is 0 Å². The van der Waals surface area contributed by atoms with Gasteiger partial charge in [0.15, 0.2) is 0 Å². The topological polar surface area (TPSA) is 46.4 Å². The van der Waals surface area contributed by atoms with Crippen molar-refractivity contribution < 1.29 is 4.92 Å². The molecule has 0 saturated carbocycles. The van der Waals surface area contributed by atoms with Crippen molar-refractivity contribution >= 4 is 11.4 Å². The van der Waals surface area contributed by atoms with Gasteiger partial charge in [-0.25, -0.2) is 0 Å². The summed E-state index contributed by atoms with van der Waals surface area (Å²) >= 11 is 0. The van der Waals surface area contributed by atoms with Gasteiger partial charge in [-0.15, -0.1) is 0 Å². The van der Waals surface area contributed by atoms with Gasteiger partial charge in [-0.3, -0.25) is 10.1 Å². The number of aryl methyl sites for hydroxylation is 1. The maximum atomic E-state index is 11.2. The zero-order valence-electron chi connectivity index (χ0n) is 11.4. The molecule has 0 atom stereocenters. The highest BCUT2D eigenvalue weighted by Gasteiger charge is 2.23. The van der Waals surface area contributed by atoms with Crippen molar-refractivity contribution in [3.05, 3.63) is 69.3 Å². The predicted molar refractivity (Wildman–Crippen MR) is 79.0 cm³/mol. The molecule has 0 unspecified atom stereocenters. The Morgan fingerprint density at radius 3 is 2.65 bits per heavy atom. The van der Waals surface area contributed by atoms with E-state index < -0.39 is 0 Å². The Balaban J connectivity index is 1.97. The van der Waals surface area contributed by atoms with Gasteiger partial charge < -0.3 is 4.90 Å². The summed E-state index contributed by atoms with van der Waals surface area (Å²) in [5.74, 6) is 0. The van der Waals surface area contributed by atoms with E-state index in [2.05, 4.69) is 17.0 Å². The molecule has 2 aromatic rings. The molecule has 1 aliphatic rings. The lowest BCUT2D eigenvalue weighted by Gasteiger charge is -2.30. The third-order valence-corrected chi connectivity index (χ3v) is 3.80. The number of rotatable bonds is 2. The predicted octanol–water partition coefficient (Wildman–Crippen LogP) is 3.47. The van der Waals surface area contributed by atoms with Crippen LogP contribution < -0.4 is 4.90 Å². The second-order valence-electron chi connectivity index (χ2n) is 5.19. The fraction of sp³-hybridized carbons (Fsp3) is 0.250. The Morgan fingerprint density at radius 1 is 1.15 bits per heavy atom. The van der Waals surface area contributed by atoms with Gasteiger partial charge in [-0.2, -0.15) is 0 Å². The molecule has 4 heteroatoms. The molecule has 1 heterocycles. The molecule has 0 spiro atoms. The average Bonchev–Trinajstić information content (AvgIpc) is 2.46. The Hall–Kier alpha value is -2.36. The van der Waals surface area contributed by atoms with Gasteiger partial charge in [0, 0.05) is 19.2 Å². The standard InChI is InChI=1S/C16H16N2O2/c1-12-6-7-15(16(10-12)18(19)20)17-9-8-13-4-2-3-5-14(13)11-17/h2-7,10H,8-9,11H2,1H3. The van der Waals surface area contributed by atoms with Gasteiger partial charge in [0.05, 0.1) is 4.92 Å². The summed E-state index contributed by atoms with van der Waals surface area (Å²) in [5, 5.41) is 11.2. The number of nitro benzene ring substituents is 1. The van der Waals surface area contributed by atoms with Crippen LogP contribution in [0.3, 0.4) is 0 Å². The third-order valence-electron chi connectivity index (χ3n) is 3.80. The first-order chi connectivity index (χ1) is 9.65. The molecule has 3 rings (SSSR count). The summed E-state index contributed by atoms with van der Waals surface area (Å²) in [4.78, 5) is 13.0. The highest BCUT2D eigenvalue weighted by molar-refractivity contribution is 5.65. The smallest absolute Gasteiger partial charge is 0.292 e. The van der Waals surface area contributed by atoms with Crippen molar-refractivity contribution in [2.75, 3.05) is 11.4 Å². The number of benzene rings is 2. The van der Waals surface area contributed by atoms with E-state index in [9.17, 15) is 10.1 Å². The van der Waals surface area contributed by atoms with Crippen LogP contribution in [0.4, 0.5) is 11.4 Å². The van der Waals surface area contributed by atoms with Crippen molar-refractivity contribution in [2.45, 2.75) is 19.9 Å². The van der Waals surface area contributed by atoms with Crippen LogP contribution in [0.5, 0.6) is 0 Å². The molecule has 102 valence electrons. The SMILES string of the molecule is Cc1ccc(N2CCc3ccccc3C2)c([N+](=O)[O-])c1. The molecule has 0 fully saturated rings. The summed E-state index contributed by atoms with van der Waals surface area (Å²) in [6.45, 7) is 3.43. The van der Waals surface area contributed by atoms with Crippen LogP contribution in [-0.2, 0) is 13.0 Å². The lowest BCUT2D eigenvalue weighted by molar-refractivity contribution is -0.384. The first-order valence-electron chi connectivity index (χ1n) is 6.72. The van der Waals surface area contributed by atoms with E-state index >= 15 is 0 Å². The Kier molecular flexibility index (Phi) is 3.14. The molecule has 0 aromatic heterocycles. The normalized spacial score (nSPS) is 13.9. The quantitative estimate of drug-likeness (QED) is 0.619. The number of nitro groups is 1. The molecule has 0 amide bonds. The van der Waals surface area contributed by atoms with Crippen molar-refractivity contribution in [1.29, 1.82) is 0 Å². The van der Waals surface area contributed by atoms with Crippen LogP contribution in [0, 0.1) is 17.0 Å². The van der Waals surface area contributed by atoms with Crippen LogP contribution in [-0.4, -0.2) is 11.5 Å². The van der Waals surface area contributed by atoms with Crippen LogP contribution >= 0.6 is 0 Å². The molecular weight excluding hydrogens is 252 g/mol. The minimum Gasteiger partial charge on any atom is -0.361 e. The zero-order chi connectivity index (χ0) is 14.1. The van der Waals surface area contributed by atoms with E-state index in [-0.39, 0.29) is 10.6 Å². The van der Waals surface area contributed by atoms with E-state index in [0.717, 1.165) is 30.8 Å². The zero-order valence-corrected chi connectivity index (χ0v) is 11.4. The van der Waals surface area contributed by atoms with Crippen LogP contribution in [0.25, 0.3) is 0 Å². The summed E-state index contributed by atoms with van der Waals surface area (Å²) < 4.78 is 0. The molecule has 0 radical (unpaired) electrons. The third kappa shape index (κ3) is 2.25. The minimum absolute atomic E-state index is 0.199. The second-order valence-corrected chi connectivity index (χ2v) is 5.19. The highest BCUT2D eigenvalue weighted by atomic mass is 16.6. The Bertz CT molecular complexity index is 667. The van der Waals surface area contributed by atoms with Gasteiger partial charge in [-0.1, -0.05) is 30.3 Å². The number of anilines is 1. The average molecular weight is 268 g/mol. The van der Waals surface area contributed by atoms with E-state index in [1.165, 1.54) is 11.1 Å². The molecule has 0 aliphatic carbocycles. The van der Waals surface area contributed by atoms with Crippen molar-refractivity contribution in [1.82, 2.24) is 0 Å². The van der Waals surface area contributed by atoms with Crippen molar-refractivity contribution in [3.63, 3.8) is 0 Å². The Labute approximate surface area is 117 Å². The first-order valence-corrected chi connectivity index (χ1v) is 6.72. The molecule has 20 heavy (non-hydrogen) atoms. The number of nitrogens with zero attached hydrogens (tertiary/aromatic N) is 2. The first kappa shape index (κ1) is 12.7. The van der Waals surface area contributed by atoms with Gasteiger partial charge in [0.1, 0.15) is 5.69 Å². The van der Waals surface area contributed by atoms with Gasteiger partial charge in [-0.05, 0) is 36.1 Å². The lowest BCUT2D eigenvalue weighted by atomic mass is 9.99. The summed E-state index contributed by atoms with van der Waals surface area (Å²) in [6, 6.07) is 13.7. The highest BCUT2D eigenvalue weighted by Crippen LogP contribution is 2.32. The minimum atomic E-state index is -0.289. The van der Waals surface area contributed by atoms with Crippen LogP contribution in [0.1, 0.15) is 16.7 Å². The van der Waals surface area contributed by atoms with Crippen molar-refractivity contribution in [2.24, 2.45) is 0 Å². The number of hydrogen-bond donors (Lipinski definition) is 0. The van der Waals surface area contributed by atoms with Crippen LogP contribution in [0.15, 0.2) is 42.5 Å². The largest absolute Gasteiger partial charge is 0.361 e. The monoisotopic (exact) mass is 268 g/mol. The fourth-order valence-corrected chi connectivity index (χ4v) is 2.75. The summed E-state index contributed by atoms with van der Waals surface area (Å²) in [6.07, 6.45) is 0.932. The molecular formula is C16H16N2O2. The van der Waals surface area contributed by atoms with E-state index in [0.29, 0.717) is 0 Å². The molecule has 0 saturated heterocycles. The molecule has 2 aromatic carbocycles. The van der Waals surface area contributed by atoms with E-state index in [4.69, 9.17) is 0 Å². The van der Waals surface area contributed by atoms with E-state index in [1.54, 1.807) is 6.07 Å². The second kappa shape index (κ2) is 4.96. The lowest BCUT2D eigenvalue weighted by Crippen LogP contribution is -2.30. The van der Waals surface area contributed by atoms with Crippen LogP contribution in [0.2, 0.25) is 0 Å². The van der Waals surface area contributed by atoms with Crippen molar-refractivity contribution in [3.8, 4) is 0 Å². The molecule has 1 aliphatic heterocycles. The number of hydrogen-bond acceptors (Lipinski definition) is 3. The van der Waals surface area contributed by atoms with Gasteiger partial charge in [0.25, 0.3) is 5.69 Å². The summed E-state index contributed by atoms with van der Waals surface area (Å²) in [7, 11) is 0. The van der Waals surface area contributed by atoms with E-state index in [1.807, 2.05) is 31.2 Å². The molecule has 0 bridgehead atoms. The molecule has 4 nitrogen and oxygen atoms in total. The summed E-state index contributed by atoms with van der Waals surface area (Å²) in [5.41, 5.74) is 4.43.